The van der Waals surface area contributed by atoms with Crippen LogP contribution in [0.15, 0.2) is 71.3 Å². The third-order valence-electron chi connectivity index (χ3n) is 5.11. The van der Waals surface area contributed by atoms with Gasteiger partial charge < -0.3 is 10.7 Å². The largest absolute Gasteiger partial charge is 0.355 e. The lowest BCUT2D eigenvalue weighted by Crippen LogP contribution is -2.22. The van der Waals surface area contributed by atoms with Crippen LogP contribution < -0.4 is 5.32 Å². The molecular weight excluding hydrogens is 414 g/mol. The van der Waals surface area contributed by atoms with Gasteiger partial charge in [0.15, 0.2) is 5.65 Å². The summed E-state index contributed by atoms with van der Waals surface area (Å²) in [6.07, 6.45) is 2.88. The number of fused-ring (bicyclic) bond motifs is 1. The highest BCUT2D eigenvalue weighted by molar-refractivity contribution is 6.13. The number of rotatable bonds is 7. The number of carbonyl (C=O) groups is 1. The van der Waals surface area contributed by atoms with Crippen molar-refractivity contribution in [1.82, 2.24) is 15.3 Å². The van der Waals surface area contributed by atoms with Gasteiger partial charge >= 0.3 is 0 Å². The molecule has 0 fully saturated rings. The quantitative estimate of drug-likeness (QED) is 0.425. The summed E-state index contributed by atoms with van der Waals surface area (Å²) in [6.45, 7) is 8.86. The van der Waals surface area contributed by atoms with Gasteiger partial charge in [0.05, 0.1) is 29.1 Å². The molecule has 0 bridgehead atoms. The second kappa shape index (κ2) is 10.2. The summed E-state index contributed by atoms with van der Waals surface area (Å²) < 4.78 is 0. The van der Waals surface area contributed by atoms with Gasteiger partial charge in [-0.2, -0.15) is 5.26 Å². The number of hydrogen-bond acceptors (Lipinski definition) is 6. The molecule has 0 aliphatic rings. The van der Waals surface area contributed by atoms with E-state index in [0.717, 1.165) is 5.56 Å². The summed E-state index contributed by atoms with van der Waals surface area (Å²) in [5, 5.41) is 20.9. The Labute approximate surface area is 192 Å². The lowest BCUT2D eigenvalue weighted by atomic mass is 9.92. The van der Waals surface area contributed by atoms with Crippen LogP contribution in [-0.2, 0) is 0 Å². The van der Waals surface area contributed by atoms with Crippen LogP contribution in [0.1, 0.15) is 29.0 Å². The number of nitriles is 1. The van der Waals surface area contributed by atoms with Crippen LogP contribution in [0.2, 0.25) is 0 Å². The first kappa shape index (κ1) is 23.2. The highest BCUT2D eigenvalue weighted by Crippen LogP contribution is 2.36. The fraction of sp³-hybridized carbons (Fsp3) is 0.160. The van der Waals surface area contributed by atoms with Crippen molar-refractivity contribution in [2.24, 2.45) is 15.9 Å². The van der Waals surface area contributed by atoms with Gasteiger partial charge in [-0.25, -0.2) is 15.0 Å². The van der Waals surface area contributed by atoms with E-state index in [9.17, 15) is 10.1 Å². The molecule has 2 N–H and O–H groups in total. The standard InChI is InChI=1S/C25H23N7O/c1-5-19(27)18(14-26)23(28-3)31-15(2)22-20(16-10-7-6-8-11-16)21(25(33)29-4)17-12-9-13-30-24(17)32-22/h5-13,15,18,27H,1,3H2,2,4H3,(H,29,33). The van der Waals surface area contributed by atoms with Crippen LogP contribution in [0.5, 0.6) is 0 Å². The van der Waals surface area contributed by atoms with Gasteiger partial charge in [0.25, 0.3) is 5.91 Å². The number of pyridine rings is 2. The predicted octanol–water partition coefficient (Wildman–Crippen LogP) is 4.16. The molecule has 2 atom stereocenters. The van der Waals surface area contributed by atoms with E-state index in [4.69, 9.17) is 10.4 Å². The second-order valence-corrected chi connectivity index (χ2v) is 7.11. The smallest absolute Gasteiger partial charge is 0.252 e. The number of nitrogens with zero attached hydrogens (tertiary/aromatic N) is 5. The first-order valence-corrected chi connectivity index (χ1v) is 10.2. The number of aliphatic imine (C=N–C) groups is 2. The summed E-state index contributed by atoms with van der Waals surface area (Å²) in [7, 11) is 1.57. The topological polar surface area (TPSA) is 127 Å². The van der Waals surface area contributed by atoms with Gasteiger partial charge in [0, 0.05) is 24.2 Å². The monoisotopic (exact) mass is 437 g/mol. The van der Waals surface area contributed by atoms with Crippen molar-refractivity contribution < 1.29 is 4.79 Å². The molecule has 0 saturated carbocycles. The lowest BCUT2D eigenvalue weighted by Gasteiger charge is -2.19. The highest BCUT2D eigenvalue weighted by atomic mass is 16.1. The fourth-order valence-electron chi connectivity index (χ4n) is 3.52. The number of amides is 1. The lowest BCUT2D eigenvalue weighted by molar-refractivity contribution is 0.0965. The van der Waals surface area contributed by atoms with E-state index in [1.807, 2.05) is 36.4 Å². The molecule has 0 aliphatic carbocycles. The predicted molar refractivity (Wildman–Crippen MR) is 131 cm³/mol. The minimum atomic E-state index is -1.01. The molecule has 3 aromatic rings. The maximum atomic E-state index is 13.0. The van der Waals surface area contributed by atoms with Crippen LogP contribution in [0.4, 0.5) is 0 Å². The van der Waals surface area contributed by atoms with Gasteiger partial charge in [0.2, 0.25) is 0 Å². The Hall–Kier alpha value is -4.51. The normalized spacial score (nSPS) is 12.9. The van der Waals surface area contributed by atoms with Crippen LogP contribution in [0.25, 0.3) is 22.2 Å². The molecule has 2 unspecified atom stereocenters. The van der Waals surface area contributed by atoms with E-state index in [1.165, 1.54) is 6.08 Å². The number of aromatic nitrogens is 2. The van der Waals surface area contributed by atoms with Crippen molar-refractivity contribution in [1.29, 1.82) is 10.7 Å². The summed E-state index contributed by atoms with van der Waals surface area (Å²) in [5.74, 6) is -1.21. The van der Waals surface area contributed by atoms with E-state index in [1.54, 1.807) is 32.3 Å². The molecule has 2 heterocycles. The zero-order valence-electron chi connectivity index (χ0n) is 18.4. The fourth-order valence-corrected chi connectivity index (χ4v) is 3.52. The van der Waals surface area contributed by atoms with Crippen LogP contribution in [0.3, 0.4) is 0 Å². The number of allylic oxidation sites excluding steroid dienone is 1. The maximum Gasteiger partial charge on any atom is 0.252 e. The van der Waals surface area contributed by atoms with Gasteiger partial charge in [-0.1, -0.05) is 36.9 Å². The Morgan fingerprint density at radius 1 is 1.27 bits per heavy atom. The van der Waals surface area contributed by atoms with Gasteiger partial charge in [-0.15, -0.1) is 0 Å². The summed E-state index contributed by atoms with van der Waals surface area (Å²) in [6, 6.07) is 14.4. The molecule has 0 radical (unpaired) electrons. The van der Waals surface area contributed by atoms with E-state index >= 15 is 0 Å². The van der Waals surface area contributed by atoms with Crippen LogP contribution in [-0.4, -0.2) is 41.2 Å². The Kier molecular flexibility index (Phi) is 7.16. The highest BCUT2D eigenvalue weighted by Gasteiger charge is 2.26. The Morgan fingerprint density at radius 3 is 2.61 bits per heavy atom. The van der Waals surface area contributed by atoms with E-state index in [2.05, 4.69) is 33.6 Å². The molecule has 2 aromatic heterocycles. The maximum absolute atomic E-state index is 13.0. The summed E-state index contributed by atoms with van der Waals surface area (Å²) in [4.78, 5) is 30.6. The van der Waals surface area contributed by atoms with Gasteiger partial charge in [-0.05, 0) is 37.4 Å². The van der Waals surface area contributed by atoms with Crippen molar-refractivity contribution in [2.75, 3.05) is 7.05 Å². The van der Waals surface area contributed by atoms with Gasteiger partial charge in [-0.3, -0.25) is 9.79 Å². The number of hydrogen-bond donors (Lipinski definition) is 2. The van der Waals surface area contributed by atoms with Crippen molar-refractivity contribution in [3.05, 3.63) is 72.6 Å². The van der Waals surface area contributed by atoms with Crippen molar-refractivity contribution in [3.63, 3.8) is 0 Å². The first-order valence-electron chi connectivity index (χ1n) is 10.2. The SMILES string of the molecule is C=CC(=N)C(C#N)C(N=C)=NC(C)c1nc2ncccc2c(C(=O)NC)c1-c1ccccc1. The zero-order chi connectivity index (χ0) is 24.0. The molecule has 164 valence electrons. The molecule has 1 aromatic carbocycles. The van der Waals surface area contributed by atoms with Crippen molar-refractivity contribution >= 4 is 35.2 Å². The molecule has 8 heteroatoms. The third kappa shape index (κ3) is 4.57. The molecule has 33 heavy (non-hydrogen) atoms. The molecule has 0 spiro atoms. The van der Waals surface area contributed by atoms with E-state index in [-0.39, 0.29) is 17.5 Å². The molecule has 1 amide bonds. The molecule has 8 nitrogen and oxygen atoms in total. The molecule has 3 rings (SSSR count). The Balaban J connectivity index is 2.35. The summed E-state index contributed by atoms with van der Waals surface area (Å²) in [5.41, 5.74) is 2.70. The average Bonchev–Trinajstić information content (AvgIpc) is 2.86. The zero-order valence-corrected chi connectivity index (χ0v) is 18.4. The van der Waals surface area contributed by atoms with E-state index in [0.29, 0.717) is 27.9 Å². The van der Waals surface area contributed by atoms with Gasteiger partial charge in [0.1, 0.15) is 11.8 Å². The first-order chi connectivity index (χ1) is 16.0. The number of amidine groups is 1. The minimum Gasteiger partial charge on any atom is -0.355 e. The molecule has 0 aliphatic heterocycles. The molecular formula is C25H23N7O. The Bertz CT molecular complexity index is 1310. The number of benzene rings is 1. The minimum absolute atomic E-state index is 0.0293. The van der Waals surface area contributed by atoms with E-state index < -0.39 is 12.0 Å². The van der Waals surface area contributed by atoms with Crippen LogP contribution in [0, 0.1) is 22.7 Å². The Morgan fingerprint density at radius 2 is 2.00 bits per heavy atom. The number of nitrogens with one attached hydrogen (secondary N) is 2. The van der Waals surface area contributed by atoms with Crippen LogP contribution >= 0.6 is 0 Å². The van der Waals surface area contributed by atoms with Crippen molar-refractivity contribution in [2.45, 2.75) is 13.0 Å². The second-order valence-electron chi connectivity index (χ2n) is 7.11. The molecule has 0 saturated heterocycles. The average molecular weight is 438 g/mol. The number of carbonyl (C=O) groups excluding carboxylic acids is 1. The summed E-state index contributed by atoms with van der Waals surface area (Å²) >= 11 is 0. The van der Waals surface area contributed by atoms with Crippen molar-refractivity contribution in [3.8, 4) is 17.2 Å². The third-order valence-corrected chi connectivity index (χ3v) is 5.11.